The predicted molar refractivity (Wildman–Crippen MR) is 234 cm³/mol. The molecule has 3 nitrogen and oxygen atoms in total. The maximum atomic E-state index is 5.51. The van der Waals surface area contributed by atoms with Crippen LogP contribution in [0.4, 0.5) is 0 Å². The number of benzene rings is 8. The summed E-state index contributed by atoms with van der Waals surface area (Å²) in [7, 11) is 0. The highest BCUT2D eigenvalue weighted by Gasteiger charge is 2.22. The highest BCUT2D eigenvalue weighted by Crippen LogP contribution is 2.46. The molecule has 0 bridgehead atoms. The zero-order chi connectivity index (χ0) is 36.5. The monoisotopic (exact) mass is 717 g/mol. The molecule has 0 aliphatic heterocycles. The maximum Gasteiger partial charge on any atom is 0.0972 e. The van der Waals surface area contributed by atoms with Crippen molar-refractivity contribution in [3.8, 4) is 44.9 Å². The van der Waals surface area contributed by atoms with Gasteiger partial charge in [0.2, 0.25) is 0 Å². The van der Waals surface area contributed by atoms with Crippen LogP contribution in [0.1, 0.15) is 0 Å². The van der Waals surface area contributed by atoms with Gasteiger partial charge in [-0.05, 0) is 56.3 Å². The van der Waals surface area contributed by atoms with E-state index in [1.165, 1.54) is 0 Å². The largest absolute Gasteiger partial charge is 0.247 e. The summed E-state index contributed by atoms with van der Waals surface area (Å²) >= 11 is 5.17. The van der Waals surface area contributed by atoms with Crippen molar-refractivity contribution in [2.24, 2.45) is 0 Å². The zero-order valence-electron chi connectivity index (χ0n) is 29.6. The molecular formula is C51H31N3S. The van der Waals surface area contributed by atoms with Crippen molar-refractivity contribution in [1.29, 1.82) is 0 Å². The van der Waals surface area contributed by atoms with Gasteiger partial charge in [-0.1, -0.05) is 164 Å². The Bertz CT molecular complexity index is 3270. The molecule has 0 amide bonds. The molecule has 0 fully saturated rings. The summed E-state index contributed by atoms with van der Waals surface area (Å²) in [6.45, 7) is 0. The van der Waals surface area contributed by atoms with Crippen LogP contribution in [0, 0.1) is 0 Å². The Hall–Kier alpha value is -6.88. The van der Waals surface area contributed by atoms with Crippen molar-refractivity contribution in [3.63, 3.8) is 0 Å². The molecule has 3 heterocycles. The second kappa shape index (κ2) is 12.6. The first-order chi connectivity index (χ1) is 27.2. The normalized spacial score (nSPS) is 11.7. The molecule has 55 heavy (non-hydrogen) atoms. The third-order valence-corrected chi connectivity index (χ3v) is 11.4. The van der Waals surface area contributed by atoms with Gasteiger partial charge in [-0.2, -0.15) is 0 Å². The van der Waals surface area contributed by atoms with E-state index in [1.807, 2.05) is 12.1 Å². The molecule has 0 radical (unpaired) electrons. The van der Waals surface area contributed by atoms with E-state index in [1.54, 1.807) is 0 Å². The fourth-order valence-electron chi connectivity index (χ4n) is 8.40. The predicted octanol–water partition coefficient (Wildman–Crippen LogP) is 13.7. The fraction of sp³-hybridized carbons (Fsp3) is 0. The van der Waals surface area contributed by atoms with Crippen LogP contribution in [0.3, 0.4) is 0 Å². The minimum absolute atomic E-state index is 0.893. The lowest BCUT2D eigenvalue weighted by Gasteiger charge is -2.19. The van der Waals surface area contributed by atoms with Crippen LogP contribution < -0.4 is 0 Å². The van der Waals surface area contributed by atoms with Crippen LogP contribution in [0.2, 0.25) is 0 Å². The fourth-order valence-corrected chi connectivity index (χ4v) is 8.84. The van der Waals surface area contributed by atoms with Crippen LogP contribution in [0.15, 0.2) is 187 Å². The van der Waals surface area contributed by atoms with E-state index in [0.717, 1.165) is 115 Å². The molecule has 0 spiro atoms. The first-order valence-corrected chi connectivity index (χ1v) is 19.0. The molecule has 256 valence electrons. The van der Waals surface area contributed by atoms with Gasteiger partial charge >= 0.3 is 0 Å². The second-order valence-electron chi connectivity index (χ2n) is 14.0. The molecule has 4 heteroatoms. The van der Waals surface area contributed by atoms with Crippen molar-refractivity contribution in [1.82, 2.24) is 15.0 Å². The molecule has 8 aromatic carbocycles. The number of fused-ring (bicyclic) bond motifs is 8. The molecule has 0 unspecified atom stereocenters. The van der Waals surface area contributed by atoms with E-state index in [2.05, 4.69) is 170 Å². The van der Waals surface area contributed by atoms with Gasteiger partial charge in [-0.3, -0.25) is 0 Å². The van der Waals surface area contributed by atoms with Crippen LogP contribution in [0.25, 0.3) is 110 Å². The molecule has 11 rings (SSSR count). The average Bonchev–Trinajstić information content (AvgIpc) is 3.25. The van der Waals surface area contributed by atoms with E-state index >= 15 is 0 Å². The number of aromatic nitrogens is 3. The third kappa shape index (κ3) is 5.03. The summed E-state index contributed by atoms with van der Waals surface area (Å²) in [5.74, 6) is 0. The first kappa shape index (κ1) is 31.6. The molecule has 0 aliphatic rings. The maximum absolute atomic E-state index is 5.51. The third-order valence-electron chi connectivity index (χ3n) is 10.9. The Morgan fingerprint density at radius 1 is 0.345 bits per heavy atom. The molecule has 0 saturated heterocycles. The van der Waals surface area contributed by atoms with Gasteiger partial charge in [-0.15, -0.1) is 12.6 Å². The number of hydrogen-bond donors (Lipinski definition) is 1. The Morgan fingerprint density at radius 2 is 0.818 bits per heavy atom. The summed E-state index contributed by atoms with van der Waals surface area (Å²) in [6.07, 6.45) is 0. The topological polar surface area (TPSA) is 38.7 Å². The highest BCUT2D eigenvalue weighted by molar-refractivity contribution is 7.80. The van der Waals surface area contributed by atoms with Gasteiger partial charge in [-0.25, -0.2) is 15.0 Å². The SMILES string of the molecule is Sc1c(-c2ccccc2)ccc2nc(-c3c4ccccc4c(-c4ccc5ccc6ccc(-c7ccccc7)nc6c5n4)c4ccccc34)c3ccccc3c12. The number of thiol groups is 1. The number of rotatable bonds is 4. The molecule has 11 aromatic rings. The summed E-state index contributed by atoms with van der Waals surface area (Å²) in [6, 6.07) is 64.0. The molecule has 0 aliphatic carbocycles. The quantitative estimate of drug-likeness (QED) is 0.112. The number of hydrogen-bond acceptors (Lipinski definition) is 4. The summed E-state index contributed by atoms with van der Waals surface area (Å²) in [5, 5.41) is 9.92. The summed E-state index contributed by atoms with van der Waals surface area (Å²) < 4.78 is 0. The Balaban J connectivity index is 1.19. The van der Waals surface area contributed by atoms with Crippen molar-refractivity contribution < 1.29 is 0 Å². The van der Waals surface area contributed by atoms with Gasteiger partial charge < -0.3 is 0 Å². The highest BCUT2D eigenvalue weighted by atomic mass is 32.1. The van der Waals surface area contributed by atoms with Gasteiger partial charge in [0, 0.05) is 43.1 Å². The summed E-state index contributed by atoms with van der Waals surface area (Å²) in [5.41, 5.74) is 11.0. The lowest BCUT2D eigenvalue weighted by atomic mass is 9.87. The summed E-state index contributed by atoms with van der Waals surface area (Å²) in [4.78, 5) is 17.1. The minimum Gasteiger partial charge on any atom is -0.247 e. The van der Waals surface area contributed by atoms with E-state index in [9.17, 15) is 0 Å². The van der Waals surface area contributed by atoms with Gasteiger partial charge in [0.25, 0.3) is 0 Å². The van der Waals surface area contributed by atoms with Crippen molar-refractivity contribution in [3.05, 3.63) is 182 Å². The van der Waals surface area contributed by atoms with Gasteiger partial charge in [0.1, 0.15) is 0 Å². The lowest BCUT2D eigenvalue weighted by molar-refractivity contribution is 1.37. The van der Waals surface area contributed by atoms with E-state index in [4.69, 9.17) is 27.6 Å². The molecule has 0 atom stereocenters. The Kier molecular flexibility index (Phi) is 7.26. The lowest BCUT2D eigenvalue weighted by Crippen LogP contribution is -1.96. The van der Waals surface area contributed by atoms with Crippen LogP contribution in [-0.2, 0) is 0 Å². The van der Waals surface area contributed by atoms with Crippen molar-refractivity contribution in [2.45, 2.75) is 4.90 Å². The van der Waals surface area contributed by atoms with Crippen LogP contribution >= 0.6 is 12.6 Å². The van der Waals surface area contributed by atoms with Gasteiger partial charge in [0.15, 0.2) is 0 Å². The smallest absolute Gasteiger partial charge is 0.0972 e. The van der Waals surface area contributed by atoms with Crippen molar-refractivity contribution >= 4 is 77.7 Å². The second-order valence-corrected chi connectivity index (χ2v) is 14.5. The van der Waals surface area contributed by atoms with Crippen LogP contribution in [-0.4, -0.2) is 15.0 Å². The van der Waals surface area contributed by atoms with E-state index < -0.39 is 0 Å². The first-order valence-electron chi connectivity index (χ1n) is 18.5. The standard InChI is InChI=1S/C51H31N3S/c55-51-35(31-13-3-1-4-14-31)27-30-44-47(51)40-21-11-12-22-41(40)50(54-44)46-38-19-9-7-17-36(38)45(37-18-8-10-20-39(37)46)43-29-26-34-24-23-33-25-28-42(32-15-5-2-6-16-32)52-48(33)49(34)53-43/h1-30,55H. The van der Waals surface area contributed by atoms with E-state index in [0.29, 0.717) is 0 Å². The minimum atomic E-state index is 0.893. The zero-order valence-corrected chi connectivity index (χ0v) is 30.5. The Labute approximate surface area is 323 Å². The van der Waals surface area contributed by atoms with Crippen LogP contribution in [0.5, 0.6) is 0 Å². The molecule has 0 saturated carbocycles. The molecular weight excluding hydrogens is 687 g/mol. The molecule has 3 aromatic heterocycles. The Morgan fingerprint density at radius 3 is 1.44 bits per heavy atom. The van der Waals surface area contributed by atoms with E-state index in [-0.39, 0.29) is 0 Å². The number of pyridine rings is 3. The molecule has 0 N–H and O–H groups in total. The van der Waals surface area contributed by atoms with Gasteiger partial charge in [0.05, 0.1) is 33.6 Å². The van der Waals surface area contributed by atoms with Crippen molar-refractivity contribution in [2.75, 3.05) is 0 Å². The number of nitrogens with zero attached hydrogens (tertiary/aromatic N) is 3. The average molecular weight is 718 g/mol.